The van der Waals surface area contributed by atoms with Gasteiger partial charge in [-0.2, -0.15) is 5.26 Å². The summed E-state index contributed by atoms with van der Waals surface area (Å²) in [6.45, 7) is 8.58. The van der Waals surface area contributed by atoms with Crippen LogP contribution in [-0.4, -0.2) is 47.8 Å². The van der Waals surface area contributed by atoms with Gasteiger partial charge in [0.15, 0.2) is 0 Å². The molecule has 5 heteroatoms. The number of hydrogen-bond acceptors (Lipinski definition) is 3. The zero-order valence-corrected chi connectivity index (χ0v) is 12.8. The quantitative estimate of drug-likeness (QED) is 0.768. The maximum Gasteiger partial charge on any atom is 0.240 e. The lowest BCUT2D eigenvalue weighted by atomic mass is 9.97. The number of carbonyl (C=O) groups is 2. The second kappa shape index (κ2) is 7.88. The Morgan fingerprint density at radius 3 is 2.30 bits per heavy atom. The Morgan fingerprint density at radius 1 is 1.30 bits per heavy atom. The van der Waals surface area contributed by atoms with Gasteiger partial charge < -0.3 is 9.80 Å². The Morgan fingerprint density at radius 2 is 1.85 bits per heavy atom. The fourth-order valence-corrected chi connectivity index (χ4v) is 2.51. The second-order valence-electron chi connectivity index (χ2n) is 5.46. The minimum absolute atomic E-state index is 0.0141. The van der Waals surface area contributed by atoms with Gasteiger partial charge in [0.1, 0.15) is 5.92 Å². The molecular weight excluding hydrogens is 254 g/mol. The number of piperidine rings is 1. The molecule has 0 N–H and O–H groups in total. The first kappa shape index (κ1) is 16.5. The van der Waals surface area contributed by atoms with Crippen LogP contribution in [0.4, 0.5) is 0 Å². The van der Waals surface area contributed by atoms with Gasteiger partial charge in [-0.3, -0.25) is 9.59 Å². The normalized spacial score (nSPS) is 17.4. The van der Waals surface area contributed by atoms with Crippen LogP contribution in [-0.2, 0) is 9.59 Å². The van der Waals surface area contributed by atoms with E-state index in [4.69, 9.17) is 5.26 Å². The Labute approximate surface area is 121 Å². The minimum Gasteiger partial charge on any atom is -0.343 e. The maximum atomic E-state index is 12.2. The summed E-state index contributed by atoms with van der Waals surface area (Å²) in [6.07, 6.45) is 2.03. The lowest BCUT2D eigenvalue weighted by Crippen LogP contribution is -2.41. The molecule has 1 fully saturated rings. The first-order valence-corrected chi connectivity index (χ1v) is 7.49. The maximum absolute atomic E-state index is 12.2. The Kier molecular flexibility index (Phi) is 6.50. The summed E-state index contributed by atoms with van der Waals surface area (Å²) in [6, 6.07) is 1.99. The summed E-state index contributed by atoms with van der Waals surface area (Å²) in [5, 5.41) is 9.16. The molecule has 0 saturated carbocycles. The standard InChI is InChI=1S/C15H25N3O2/c1-4-17(5-2)15(20)13(11-16)10-14(19)18-8-6-12(3)7-9-18/h12-13H,4-10H2,1-3H3. The van der Waals surface area contributed by atoms with Crippen LogP contribution < -0.4 is 0 Å². The van der Waals surface area contributed by atoms with Crippen molar-refractivity contribution in [3.8, 4) is 6.07 Å². The third-order valence-corrected chi connectivity index (χ3v) is 4.04. The Bertz CT molecular complexity index is 377. The predicted octanol–water partition coefficient (Wildman–Crippen LogP) is 1.64. The van der Waals surface area contributed by atoms with Crippen LogP contribution in [0.25, 0.3) is 0 Å². The van der Waals surface area contributed by atoms with Gasteiger partial charge in [-0.25, -0.2) is 0 Å². The van der Waals surface area contributed by atoms with E-state index in [1.54, 1.807) is 9.80 Å². The topological polar surface area (TPSA) is 64.4 Å². The number of likely N-dealkylation sites (tertiary alicyclic amines) is 1. The molecule has 1 saturated heterocycles. The van der Waals surface area contributed by atoms with Crippen molar-refractivity contribution in [1.29, 1.82) is 5.26 Å². The summed E-state index contributed by atoms with van der Waals surface area (Å²) < 4.78 is 0. The average Bonchev–Trinajstić information content (AvgIpc) is 2.46. The van der Waals surface area contributed by atoms with Crippen LogP contribution in [0.2, 0.25) is 0 Å². The van der Waals surface area contributed by atoms with Gasteiger partial charge in [0.2, 0.25) is 11.8 Å². The SMILES string of the molecule is CCN(CC)C(=O)C(C#N)CC(=O)N1CCC(C)CC1. The minimum atomic E-state index is -0.846. The van der Waals surface area contributed by atoms with Crippen molar-refractivity contribution in [3.63, 3.8) is 0 Å². The Balaban J connectivity index is 2.58. The molecule has 0 radical (unpaired) electrons. The molecule has 0 aliphatic carbocycles. The molecule has 2 amide bonds. The molecule has 0 aromatic heterocycles. The fourth-order valence-electron chi connectivity index (χ4n) is 2.51. The van der Waals surface area contributed by atoms with Crippen molar-refractivity contribution in [3.05, 3.63) is 0 Å². The number of carbonyl (C=O) groups excluding carboxylic acids is 2. The summed E-state index contributed by atoms with van der Waals surface area (Å²) in [7, 11) is 0. The summed E-state index contributed by atoms with van der Waals surface area (Å²) in [4.78, 5) is 27.7. The molecule has 1 atom stereocenters. The van der Waals surface area contributed by atoms with E-state index in [1.165, 1.54) is 0 Å². The van der Waals surface area contributed by atoms with Crippen LogP contribution in [0.5, 0.6) is 0 Å². The fraction of sp³-hybridized carbons (Fsp3) is 0.800. The molecular formula is C15H25N3O2. The summed E-state index contributed by atoms with van der Waals surface area (Å²) in [5.41, 5.74) is 0. The first-order valence-electron chi connectivity index (χ1n) is 7.49. The van der Waals surface area contributed by atoms with Gasteiger partial charge in [-0.1, -0.05) is 6.92 Å². The number of nitriles is 1. The van der Waals surface area contributed by atoms with E-state index in [0.717, 1.165) is 25.9 Å². The smallest absolute Gasteiger partial charge is 0.240 e. The van der Waals surface area contributed by atoms with Crippen LogP contribution in [0.15, 0.2) is 0 Å². The van der Waals surface area contributed by atoms with E-state index in [9.17, 15) is 9.59 Å². The van der Waals surface area contributed by atoms with Gasteiger partial charge in [0.25, 0.3) is 0 Å². The van der Waals surface area contributed by atoms with Gasteiger partial charge in [-0.15, -0.1) is 0 Å². The molecule has 5 nitrogen and oxygen atoms in total. The summed E-state index contributed by atoms with van der Waals surface area (Å²) in [5.74, 6) is -0.481. The highest BCUT2D eigenvalue weighted by molar-refractivity contribution is 5.87. The number of hydrogen-bond donors (Lipinski definition) is 0. The Hall–Kier alpha value is -1.57. The molecule has 0 aromatic carbocycles. The van der Waals surface area contributed by atoms with Gasteiger partial charge in [0.05, 0.1) is 12.5 Å². The van der Waals surface area contributed by atoms with Crippen LogP contribution in [0.1, 0.15) is 40.0 Å². The van der Waals surface area contributed by atoms with Crippen LogP contribution in [0.3, 0.4) is 0 Å². The van der Waals surface area contributed by atoms with Crippen LogP contribution >= 0.6 is 0 Å². The number of amides is 2. The van der Waals surface area contributed by atoms with E-state index in [0.29, 0.717) is 19.0 Å². The molecule has 0 bridgehead atoms. The third kappa shape index (κ3) is 4.22. The largest absolute Gasteiger partial charge is 0.343 e. The van der Waals surface area contributed by atoms with E-state index < -0.39 is 5.92 Å². The third-order valence-electron chi connectivity index (χ3n) is 4.04. The highest BCUT2D eigenvalue weighted by Gasteiger charge is 2.28. The monoisotopic (exact) mass is 279 g/mol. The van der Waals surface area contributed by atoms with Crippen molar-refractivity contribution in [2.45, 2.75) is 40.0 Å². The molecule has 1 aliphatic rings. The summed E-state index contributed by atoms with van der Waals surface area (Å²) >= 11 is 0. The lowest BCUT2D eigenvalue weighted by Gasteiger charge is -2.31. The van der Waals surface area contributed by atoms with E-state index in [2.05, 4.69) is 6.92 Å². The highest BCUT2D eigenvalue weighted by Crippen LogP contribution is 2.18. The molecule has 0 spiro atoms. The van der Waals surface area contributed by atoms with Crippen molar-refractivity contribution < 1.29 is 9.59 Å². The lowest BCUT2D eigenvalue weighted by molar-refractivity contribution is -0.140. The molecule has 20 heavy (non-hydrogen) atoms. The van der Waals surface area contributed by atoms with Crippen molar-refractivity contribution in [2.75, 3.05) is 26.2 Å². The van der Waals surface area contributed by atoms with E-state index in [-0.39, 0.29) is 18.2 Å². The zero-order valence-electron chi connectivity index (χ0n) is 12.8. The highest BCUT2D eigenvalue weighted by atomic mass is 16.2. The van der Waals surface area contributed by atoms with Crippen molar-refractivity contribution >= 4 is 11.8 Å². The number of rotatable bonds is 5. The first-order chi connectivity index (χ1) is 9.53. The van der Waals surface area contributed by atoms with Gasteiger partial charge in [-0.05, 0) is 32.6 Å². The molecule has 0 aromatic rings. The predicted molar refractivity (Wildman–Crippen MR) is 76.6 cm³/mol. The van der Waals surface area contributed by atoms with Crippen molar-refractivity contribution in [1.82, 2.24) is 9.80 Å². The number of nitrogens with zero attached hydrogens (tertiary/aromatic N) is 3. The molecule has 1 heterocycles. The van der Waals surface area contributed by atoms with Crippen molar-refractivity contribution in [2.24, 2.45) is 11.8 Å². The van der Waals surface area contributed by atoms with E-state index in [1.807, 2.05) is 19.9 Å². The molecule has 1 aliphatic heterocycles. The average molecular weight is 279 g/mol. The van der Waals surface area contributed by atoms with Gasteiger partial charge in [0, 0.05) is 26.2 Å². The molecule has 112 valence electrons. The van der Waals surface area contributed by atoms with Gasteiger partial charge >= 0.3 is 0 Å². The zero-order chi connectivity index (χ0) is 15.1. The molecule has 1 unspecified atom stereocenters. The van der Waals surface area contributed by atoms with Crippen LogP contribution in [0, 0.1) is 23.2 Å². The molecule has 1 rings (SSSR count). The van der Waals surface area contributed by atoms with E-state index >= 15 is 0 Å². The second-order valence-corrected chi connectivity index (χ2v) is 5.46.